The lowest BCUT2D eigenvalue weighted by Crippen LogP contribution is -2.11. The Hall–Kier alpha value is -3.27. The molecule has 4 heteroatoms. The van der Waals surface area contributed by atoms with Crippen LogP contribution in [0.5, 0.6) is 0 Å². The van der Waals surface area contributed by atoms with E-state index in [1.54, 1.807) is 24.3 Å². The monoisotopic (exact) mass is 318 g/mol. The van der Waals surface area contributed by atoms with Crippen molar-refractivity contribution < 1.29 is 14.0 Å². The van der Waals surface area contributed by atoms with E-state index >= 15 is 0 Å². The Balaban J connectivity index is 1.94. The average Bonchev–Trinajstić information content (AvgIpc) is 2.60. The first-order valence-electron chi connectivity index (χ1n) is 7.46. The fourth-order valence-electron chi connectivity index (χ4n) is 2.46. The molecule has 0 atom stereocenters. The van der Waals surface area contributed by atoms with Gasteiger partial charge in [0.1, 0.15) is 17.4 Å². The molecular weight excluding hydrogens is 304 g/mol. The number of para-hydroxylation sites is 1. The van der Waals surface area contributed by atoms with Crippen molar-refractivity contribution >= 4 is 29.1 Å². The van der Waals surface area contributed by atoms with Crippen LogP contribution in [0.1, 0.15) is 21.5 Å². The minimum absolute atomic E-state index is 0.0159. The van der Waals surface area contributed by atoms with E-state index in [0.29, 0.717) is 11.0 Å². The third kappa shape index (κ3) is 3.22. The van der Waals surface area contributed by atoms with E-state index in [-0.39, 0.29) is 12.0 Å². The Kier molecular flexibility index (Phi) is 4.47. The van der Waals surface area contributed by atoms with E-state index in [0.717, 1.165) is 17.4 Å². The molecule has 0 fully saturated rings. The van der Waals surface area contributed by atoms with Crippen LogP contribution in [0.2, 0.25) is 0 Å². The maximum absolute atomic E-state index is 12.3. The van der Waals surface area contributed by atoms with E-state index in [1.807, 2.05) is 30.3 Å². The zero-order valence-electron chi connectivity index (χ0n) is 12.8. The fraction of sp³-hybridized carbons (Fsp3) is 0.0500. The van der Waals surface area contributed by atoms with Gasteiger partial charge < -0.3 is 9.21 Å². The van der Waals surface area contributed by atoms with Crippen LogP contribution in [0.15, 0.2) is 69.9 Å². The van der Waals surface area contributed by atoms with Gasteiger partial charge in [0.05, 0.1) is 0 Å². The molecular formula is C20H14O4. The second kappa shape index (κ2) is 6.87. The average molecular weight is 318 g/mol. The first kappa shape index (κ1) is 15.6. The van der Waals surface area contributed by atoms with E-state index in [4.69, 9.17) is 4.42 Å². The molecule has 118 valence electrons. The molecule has 0 bridgehead atoms. The molecule has 3 aromatic rings. The van der Waals surface area contributed by atoms with Crippen LogP contribution in [0.25, 0.3) is 17.0 Å². The Bertz CT molecular complexity index is 996. The smallest absolute Gasteiger partial charge is 0.347 e. The van der Waals surface area contributed by atoms with Crippen LogP contribution >= 0.6 is 0 Å². The minimum atomic E-state index is -0.662. The summed E-state index contributed by atoms with van der Waals surface area (Å²) >= 11 is 0. The molecule has 3 rings (SSSR count). The maximum atomic E-state index is 12.3. The summed E-state index contributed by atoms with van der Waals surface area (Å²) in [6.07, 6.45) is 4.01. The van der Waals surface area contributed by atoms with E-state index in [9.17, 15) is 14.4 Å². The summed E-state index contributed by atoms with van der Waals surface area (Å²) in [5.74, 6) is -0.435. The van der Waals surface area contributed by atoms with Crippen molar-refractivity contribution in [1.29, 1.82) is 0 Å². The largest absolute Gasteiger partial charge is 0.422 e. The van der Waals surface area contributed by atoms with Crippen LogP contribution in [0.3, 0.4) is 0 Å². The summed E-state index contributed by atoms with van der Waals surface area (Å²) < 4.78 is 5.17. The minimum Gasteiger partial charge on any atom is -0.422 e. The highest BCUT2D eigenvalue weighted by atomic mass is 16.4. The molecule has 0 aliphatic carbocycles. The molecule has 0 saturated carbocycles. The zero-order chi connectivity index (χ0) is 16.9. The SMILES string of the molecule is O=CCc1ccccc1/C=C/C(=O)c1cc2ccccc2oc1=O. The van der Waals surface area contributed by atoms with Crippen molar-refractivity contribution in [3.63, 3.8) is 0 Å². The van der Waals surface area contributed by atoms with Crippen molar-refractivity contribution in [3.8, 4) is 0 Å². The topological polar surface area (TPSA) is 64.3 Å². The number of ketones is 1. The third-order valence-electron chi connectivity index (χ3n) is 3.68. The van der Waals surface area contributed by atoms with Crippen LogP contribution < -0.4 is 5.63 Å². The summed E-state index contributed by atoms with van der Waals surface area (Å²) in [5, 5.41) is 0.690. The van der Waals surface area contributed by atoms with E-state index in [1.165, 1.54) is 12.1 Å². The fourth-order valence-corrected chi connectivity index (χ4v) is 2.46. The van der Waals surface area contributed by atoms with Gasteiger partial charge in [0.15, 0.2) is 5.78 Å². The van der Waals surface area contributed by atoms with Gasteiger partial charge in [-0.3, -0.25) is 4.79 Å². The lowest BCUT2D eigenvalue weighted by Gasteiger charge is -2.01. The van der Waals surface area contributed by atoms with Gasteiger partial charge in [0.25, 0.3) is 0 Å². The highest BCUT2D eigenvalue weighted by molar-refractivity contribution is 6.07. The number of carbonyl (C=O) groups excluding carboxylic acids is 2. The number of aldehydes is 1. The van der Waals surface area contributed by atoms with Crippen molar-refractivity contribution in [2.24, 2.45) is 0 Å². The second-order valence-corrected chi connectivity index (χ2v) is 5.25. The van der Waals surface area contributed by atoms with Gasteiger partial charge in [-0.05, 0) is 29.3 Å². The van der Waals surface area contributed by atoms with Gasteiger partial charge in [-0.15, -0.1) is 0 Å². The molecule has 1 heterocycles. The van der Waals surface area contributed by atoms with Gasteiger partial charge in [-0.2, -0.15) is 0 Å². The van der Waals surface area contributed by atoms with Gasteiger partial charge in [0, 0.05) is 11.8 Å². The van der Waals surface area contributed by atoms with Gasteiger partial charge in [-0.1, -0.05) is 48.5 Å². The molecule has 0 aliphatic heterocycles. The standard InChI is InChI=1S/C20H14O4/c21-12-11-15-6-2-1-5-14(15)9-10-18(22)17-13-16-7-3-4-8-19(16)24-20(17)23/h1-10,12-13H,11H2/b10-9+. The lowest BCUT2D eigenvalue weighted by atomic mass is 10.0. The van der Waals surface area contributed by atoms with Crippen molar-refractivity contribution in [1.82, 2.24) is 0 Å². The van der Waals surface area contributed by atoms with Crippen LogP contribution in [0, 0.1) is 0 Å². The Labute approximate surface area is 138 Å². The molecule has 2 aromatic carbocycles. The first-order chi connectivity index (χ1) is 11.7. The van der Waals surface area contributed by atoms with Crippen molar-refractivity contribution in [3.05, 3.63) is 87.8 Å². The predicted molar refractivity (Wildman–Crippen MR) is 92.1 cm³/mol. The number of rotatable bonds is 5. The molecule has 0 spiro atoms. The molecule has 0 unspecified atom stereocenters. The molecule has 0 radical (unpaired) electrons. The molecule has 0 saturated heterocycles. The molecule has 0 amide bonds. The quantitative estimate of drug-likeness (QED) is 0.313. The summed E-state index contributed by atoms with van der Waals surface area (Å²) in [4.78, 5) is 35.0. The van der Waals surface area contributed by atoms with E-state index in [2.05, 4.69) is 0 Å². The summed E-state index contributed by atoms with van der Waals surface area (Å²) in [7, 11) is 0. The first-order valence-corrected chi connectivity index (χ1v) is 7.46. The number of hydrogen-bond donors (Lipinski definition) is 0. The van der Waals surface area contributed by atoms with Crippen LogP contribution in [-0.2, 0) is 11.2 Å². The van der Waals surface area contributed by atoms with E-state index < -0.39 is 11.4 Å². The number of allylic oxidation sites excluding steroid dienone is 1. The third-order valence-corrected chi connectivity index (χ3v) is 3.68. The molecule has 0 N–H and O–H groups in total. The van der Waals surface area contributed by atoms with Gasteiger partial charge in [0.2, 0.25) is 0 Å². The Morgan fingerprint density at radius 3 is 2.62 bits per heavy atom. The van der Waals surface area contributed by atoms with Crippen LogP contribution in [-0.4, -0.2) is 12.1 Å². The molecule has 0 aliphatic rings. The predicted octanol–water partition coefficient (Wildman–Crippen LogP) is 3.43. The van der Waals surface area contributed by atoms with Crippen molar-refractivity contribution in [2.45, 2.75) is 6.42 Å². The summed E-state index contributed by atoms with van der Waals surface area (Å²) in [5.41, 5.74) is 1.35. The summed E-state index contributed by atoms with van der Waals surface area (Å²) in [6, 6.07) is 15.8. The molecule has 4 nitrogen and oxygen atoms in total. The van der Waals surface area contributed by atoms with Crippen LogP contribution in [0.4, 0.5) is 0 Å². The van der Waals surface area contributed by atoms with Gasteiger partial charge >= 0.3 is 5.63 Å². The van der Waals surface area contributed by atoms with Crippen molar-refractivity contribution in [2.75, 3.05) is 0 Å². The number of fused-ring (bicyclic) bond motifs is 1. The maximum Gasteiger partial charge on any atom is 0.347 e. The number of hydrogen-bond acceptors (Lipinski definition) is 4. The molecule has 1 aromatic heterocycles. The Morgan fingerprint density at radius 2 is 1.79 bits per heavy atom. The normalized spacial score (nSPS) is 11.0. The van der Waals surface area contributed by atoms with Gasteiger partial charge in [-0.25, -0.2) is 4.79 Å². The zero-order valence-corrected chi connectivity index (χ0v) is 12.8. The summed E-state index contributed by atoms with van der Waals surface area (Å²) in [6.45, 7) is 0. The highest BCUT2D eigenvalue weighted by Gasteiger charge is 2.11. The highest BCUT2D eigenvalue weighted by Crippen LogP contribution is 2.14. The number of carbonyl (C=O) groups is 2. The Morgan fingerprint density at radius 1 is 1.04 bits per heavy atom. The lowest BCUT2D eigenvalue weighted by molar-refractivity contribution is -0.107. The second-order valence-electron chi connectivity index (χ2n) is 5.25. The number of benzene rings is 2. The molecule has 24 heavy (non-hydrogen) atoms.